The van der Waals surface area contributed by atoms with Crippen molar-refractivity contribution in [1.29, 1.82) is 0 Å². The summed E-state index contributed by atoms with van der Waals surface area (Å²) in [5.74, 6) is -1.34. The topological polar surface area (TPSA) is 110 Å². The first-order valence-electron chi connectivity index (χ1n) is 15.8. The third-order valence-electron chi connectivity index (χ3n) is 10.2. The normalized spacial score (nSPS) is 25.4. The molecule has 1 heterocycles. The molecule has 8 nitrogen and oxygen atoms in total. The molecule has 0 radical (unpaired) electrons. The number of hydrogen-bond acceptors (Lipinski definition) is 6. The van der Waals surface area contributed by atoms with E-state index in [2.05, 4.69) is 31.3 Å². The van der Waals surface area contributed by atoms with Crippen LogP contribution in [0.5, 0.6) is 0 Å². The van der Waals surface area contributed by atoms with E-state index in [4.69, 9.17) is 4.74 Å². The second kappa shape index (κ2) is 11.9. The minimum atomic E-state index is -0.835. The van der Waals surface area contributed by atoms with Crippen LogP contribution in [0.4, 0.5) is 4.79 Å². The van der Waals surface area contributed by atoms with Crippen LogP contribution in [0.2, 0.25) is 0 Å². The molecule has 3 aliphatic carbocycles. The maximum Gasteiger partial charge on any atom is 0.407 e. The molecule has 2 saturated carbocycles. The number of Topliss-reactive ketones (excluding diaryl/α,β-unsaturated/α-hetero) is 3. The fraction of sp³-hybridized carbons (Fsp3) is 0.676. The van der Waals surface area contributed by atoms with E-state index < -0.39 is 35.7 Å². The number of rotatable bonds is 13. The van der Waals surface area contributed by atoms with Gasteiger partial charge in [-0.15, -0.1) is 0 Å². The van der Waals surface area contributed by atoms with E-state index in [1.807, 2.05) is 26.0 Å². The predicted octanol–water partition coefficient (Wildman–Crippen LogP) is 4.56. The number of carbonyl (C=O) groups is 5. The summed E-state index contributed by atoms with van der Waals surface area (Å²) in [6.45, 7) is 10.5. The van der Waals surface area contributed by atoms with E-state index >= 15 is 0 Å². The van der Waals surface area contributed by atoms with Crippen molar-refractivity contribution in [2.45, 2.75) is 91.6 Å². The number of nitrogens with zero attached hydrogens (tertiary/aromatic N) is 1. The fourth-order valence-corrected chi connectivity index (χ4v) is 7.49. The molecule has 1 aromatic carbocycles. The van der Waals surface area contributed by atoms with Gasteiger partial charge in [0.2, 0.25) is 11.7 Å². The fourth-order valence-electron chi connectivity index (χ4n) is 7.49. The van der Waals surface area contributed by atoms with Gasteiger partial charge in [0.15, 0.2) is 11.6 Å². The van der Waals surface area contributed by atoms with Crippen LogP contribution in [-0.4, -0.2) is 59.5 Å². The highest BCUT2D eigenvalue weighted by Gasteiger charge is 2.69. The SMILES string of the molecule is CCC(=O)C(=O)C(CC(=O)C1C2[C@H](CN1C(=O)[C@@H](NC(=O)OCC(C)C)C1Cc3ccccc3C1)C2(C)C)CC1CC1. The van der Waals surface area contributed by atoms with Gasteiger partial charge in [-0.2, -0.15) is 0 Å². The number of likely N-dealkylation sites (tertiary alicyclic amines) is 1. The average Bonchev–Trinajstić information content (AvgIpc) is 3.71. The van der Waals surface area contributed by atoms with Gasteiger partial charge in [0.05, 0.1) is 12.6 Å². The highest BCUT2D eigenvalue weighted by Crippen LogP contribution is 2.65. The number of ether oxygens (including phenoxy) is 1. The number of nitrogens with one attached hydrogen (secondary N) is 1. The van der Waals surface area contributed by atoms with E-state index in [-0.39, 0.29) is 60.2 Å². The van der Waals surface area contributed by atoms with E-state index in [0.717, 1.165) is 24.0 Å². The Bertz CT molecular complexity index is 1230. The number of carbonyl (C=O) groups excluding carboxylic acids is 5. The van der Waals surface area contributed by atoms with Gasteiger partial charge in [-0.3, -0.25) is 19.2 Å². The molecule has 8 heteroatoms. The van der Waals surface area contributed by atoms with Crippen LogP contribution < -0.4 is 5.32 Å². The standard InChI is InChI=1S/C34H46N2O6/c1-6-26(37)31(39)24(13-20-11-12-20)16-27(38)30-28-25(34(28,4)5)17-36(30)32(40)29(35-33(41)42-18-19(2)3)23-14-21-9-7-8-10-22(21)15-23/h7-10,19-20,23-25,28-30H,6,11-18H2,1-5H3,(H,35,41)/t24?,25-,28?,29-,30?/m0/s1. The van der Waals surface area contributed by atoms with Crippen molar-refractivity contribution in [3.8, 4) is 0 Å². The summed E-state index contributed by atoms with van der Waals surface area (Å²) in [6, 6.07) is 6.58. The Hall–Kier alpha value is -3.03. The first kappa shape index (κ1) is 30.4. The van der Waals surface area contributed by atoms with E-state index in [9.17, 15) is 24.0 Å². The molecule has 228 valence electrons. The first-order valence-corrected chi connectivity index (χ1v) is 15.8. The Morgan fingerprint density at radius 2 is 1.69 bits per heavy atom. The number of fused-ring (bicyclic) bond motifs is 2. The third-order valence-corrected chi connectivity index (χ3v) is 10.2. The van der Waals surface area contributed by atoms with Crippen molar-refractivity contribution in [2.75, 3.05) is 13.2 Å². The van der Waals surface area contributed by atoms with Crippen molar-refractivity contribution in [3.63, 3.8) is 0 Å². The molecule has 0 spiro atoms. The number of ketones is 3. The van der Waals surface area contributed by atoms with E-state index in [0.29, 0.717) is 31.7 Å². The number of alkyl carbamates (subject to hydrolysis) is 1. The Morgan fingerprint density at radius 3 is 2.26 bits per heavy atom. The van der Waals surface area contributed by atoms with Crippen LogP contribution in [0.15, 0.2) is 24.3 Å². The average molecular weight is 579 g/mol. The van der Waals surface area contributed by atoms with Crippen molar-refractivity contribution >= 4 is 29.4 Å². The Balaban J connectivity index is 1.38. The molecule has 42 heavy (non-hydrogen) atoms. The zero-order chi connectivity index (χ0) is 30.3. The van der Waals surface area contributed by atoms with Gasteiger partial charge in [0, 0.05) is 25.3 Å². The van der Waals surface area contributed by atoms with Gasteiger partial charge >= 0.3 is 6.09 Å². The van der Waals surface area contributed by atoms with E-state index in [1.54, 1.807) is 11.8 Å². The molecule has 2 amide bonds. The molecule has 5 atom stereocenters. The lowest BCUT2D eigenvalue weighted by atomic mass is 9.85. The van der Waals surface area contributed by atoms with Gasteiger partial charge in [0.1, 0.15) is 6.04 Å². The molecular weight excluding hydrogens is 532 g/mol. The lowest BCUT2D eigenvalue weighted by molar-refractivity contribution is -0.144. The number of piperidine rings is 1. The molecular formula is C34H46N2O6. The van der Waals surface area contributed by atoms with Gasteiger partial charge in [-0.1, -0.05) is 71.7 Å². The lowest BCUT2D eigenvalue weighted by Gasteiger charge is -2.35. The molecule has 1 aliphatic heterocycles. The summed E-state index contributed by atoms with van der Waals surface area (Å²) >= 11 is 0. The Morgan fingerprint density at radius 1 is 1.05 bits per heavy atom. The van der Waals surface area contributed by atoms with Crippen LogP contribution >= 0.6 is 0 Å². The molecule has 1 saturated heterocycles. The van der Waals surface area contributed by atoms with Gasteiger partial charge in [-0.25, -0.2) is 4.79 Å². The van der Waals surface area contributed by atoms with Gasteiger partial charge < -0.3 is 15.0 Å². The number of amides is 2. The second-order valence-electron chi connectivity index (χ2n) is 14.1. The largest absolute Gasteiger partial charge is 0.449 e. The summed E-state index contributed by atoms with van der Waals surface area (Å²) in [5, 5.41) is 2.89. The monoisotopic (exact) mass is 578 g/mol. The maximum atomic E-state index is 14.4. The molecule has 5 rings (SSSR count). The van der Waals surface area contributed by atoms with Crippen LogP contribution in [0, 0.1) is 40.9 Å². The van der Waals surface area contributed by atoms with Crippen molar-refractivity contribution in [2.24, 2.45) is 40.9 Å². The van der Waals surface area contributed by atoms with Crippen molar-refractivity contribution in [1.82, 2.24) is 10.2 Å². The zero-order valence-corrected chi connectivity index (χ0v) is 25.7. The summed E-state index contributed by atoms with van der Waals surface area (Å²) in [4.78, 5) is 68.4. The molecule has 3 unspecified atom stereocenters. The molecule has 4 aliphatic rings. The first-order chi connectivity index (χ1) is 19.9. The lowest BCUT2D eigenvalue weighted by Crippen LogP contribution is -2.56. The Kier molecular flexibility index (Phi) is 8.64. The summed E-state index contributed by atoms with van der Waals surface area (Å²) in [6.07, 6.45) is 3.39. The van der Waals surface area contributed by atoms with Gasteiger partial charge in [0.25, 0.3) is 0 Å². The number of benzene rings is 1. The minimum absolute atomic E-state index is 0.00169. The smallest absolute Gasteiger partial charge is 0.407 e. The zero-order valence-electron chi connectivity index (χ0n) is 25.7. The maximum absolute atomic E-state index is 14.4. The van der Waals surface area contributed by atoms with Gasteiger partial charge in [-0.05, 0) is 65.4 Å². The summed E-state index contributed by atoms with van der Waals surface area (Å²) < 4.78 is 5.42. The van der Waals surface area contributed by atoms with Crippen LogP contribution in [-0.2, 0) is 36.8 Å². The van der Waals surface area contributed by atoms with Crippen LogP contribution in [0.25, 0.3) is 0 Å². The highest BCUT2D eigenvalue weighted by molar-refractivity contribution is 6.38. The quantitative estimate of drug-likeness (QED) is 0.344. The summed E-state index contributed by atoms with van der Waals surface area (Å²) in [5.41, 5.74) is 2.24. The highest BCUT2D eigenvalue weighted by atomic mass is 16.5. The van der Waals surface area contributed by atoms with Crippen LogP contribution in [0.3, 0.4) is 0 Å². The van der Waals surface area contributed by atoms with Crippen molar-refractivity contribution in [3.05, 3.63) is 35.4 Å². The van der Waals surface area contributed by atoms with Crippen molar-refractivity contribution < 1.29 is 28.7 Å². The predicted molar refractivity (Wildman–Crippen MR) is 157 cm³/mol. The molecule has 3 fully saturated rings. The number of hydrogen-bond donors (Lipinski definition) is 1. The minimum Gasteiger partial charge on any atom is -0.449 e. The van der Waals surface area contributed by atoms with E-state index in [1.165, 1.54) is 0 Å². The molecule has 1 N–H and O–H groups in total. The Labute approximate surface area is 249 Å². The molecule has 1 aromatic rings. The summed E-state index contributed by atoms with van der Waals surface area (Å²) in [7, 11) is 0. The second-order valence-corrected chi connectivity index (χ2v) is 14.1. The molecule has 0 bridgehead atoms. The molecule has 0 aromatic heterocycles. The van der Waals surface area contributed by atoms with Crippen LogP contribution in [0.1, 0.15) is 77.8 Å². The third kappa shape index (κ3) is 6.18.